The molecule has 6 nitrogen and oxygen atoms in total. The minimum atomic E-state index is -0.155. The lowest BCUT2D eigenvalue weighted by molar-refractivity contribution is 0.359. The van der Waals surface area contributed by atoms with Gasteiger partial charge in [-0.2, -0.15) is 5.26 Å². The van der Waals surface area contributed by atoms with Crippen molar-refractivity contribution < 1.29 is 9.47 Å². The van der Waals surface area contributed by atoms with Crippen LogP contribution in [0.2, 0.25) is 0 Å². The highest BCUT2D eigenvalue weighted by atomic mass is 16.6. The highest BCUT2D eigenvalue weighted by Gasteiger charge is 2.37. The molecule has 0 saturated heterocycles. The maximum absolute atomic E-state index is 9.44. The van der Waals surface area contributed by atoms with Crippen LogP contribution in [0.15, 0.2) is 133 Å². The van der Waals surface area contributed by atoms with Gasteiger partial charge in [0.2, 0.25) is 0 Å². The molecule has 1 aliphatic heterocycles. The molecular formula is C43H28N4O2. The van der Waals surface area contributed by atoms with Gasteiger partial charge in [-0.1, -0.05) is 98.8 Å². The van der Waals surface area contributed by atoms with E-state index in [1.807, 2.05) is 91.0 Å². The van der Waals surface area contributed by atoms with Crippen molar-refractivity contribution in [1.82, 2.24) is 15.0 Å². The Balaban J connectivity index is 1.12. The molecule has 0 unspecified atom stereocenters. The van der Waals surface area contributed by atoms with Gasteiger partial charge in [0.05, 0.1) is 11.6 Å². The van der Waals surface area contributed by atoms with Gasteiger partial charge in [-0.25, -0.2) is 15.0 Å². The lowest BCUT2D eigenvalue weighted by Crippen LogP contribution is -2.15. The van der Waals surface area contributed by atoms with Crippen molar-refractivity contribution in [3.8, 4) is 85.5 Å². The van der Waals surface area contributed by atoms with Crippen LogP contribution >= 0.6 is 0 Å². The molecule has 0 N–H and O–H groups in total. The summed E-state index contributed by atoms with van der Waals surface area (Å²) < 4.78 is 13.0. The van der Waals surface area contributed by atoms with E-state index in [1.165, 1.54) is 22.3 Å². The van der Waals surface area contributed by atoms with E-state index in [9.17, 15) is 5.26 Å². The van der Waals surface area contributed by atoms with Crippen LogP contribution in [-0.2, 0) is 5.41 Å². The van der Waals surface area contributed by atoms with Crippen molar-refractivity contribution in [3.05, 3.63) is 150 Å². The Morgan fingerprint density at radius 1 is 0.469 bits per heavy atom. The van der Waals surface area contributed by atoms with Crippen molar-refractivity contribution in [2.75, 3.05) is 0 Å². The summed E-state index contributed by atoms with van der Waals surface area (Å²) in [5.74, 6) is 4.23. The van der Waals surface area contributed by atoms with Crippen molar-refractivity contribution in [3.63, 3.8) is 0 Å². The van der Waals surface area contributed by atoms with E-state index >= 15 is 0 Å². The molecule has 0 bridgehead atoms. The Morgan fingerprint density at radius 2 is 1.06 bits per heavy atom. The molecule has 0 radical (unpaired) electrons. The summed E-state index contributed by atoms with van der Waals surface area (Å²) in [6.45, 7) is 4.50. The highest BCUT2D eigenvalue weighted by molar-refractivity contribution is 5.83. The quantitative estimate of drug-likeness (QED) is 0.192. The Labute approximate surface area is 284 Å². The minimum absolute atomic E-state index is 0.155. The largest absolute Gasteiger partial charge is 0.449 e. The lowest BCUT2D eigenvalue weighted by atomic mass is 9.82. The molecule has 1 aromatic heterocycles. The topological polar surface area (TPSA) is 80.9 Å². The fraction of sp³-hybridized carbons (Fsp3) is 0.0698. The van der Waals surface area contributed by atoms with Gasteiger partial charge in [0, 0.05) is 22.1 Å². The molecule has 232 valence electrons. The summed E-state index contributed by atoms with van der Waals surface area (Å²) in [6, 6.07) is 46.3. The van der Waals surface area contributed by atoms with Crippen LogP contribution in [-0.4, -0.2) is 15.0 Å². The number of ether oxygens (including phenoxy) is 2. The Hall–Kier alpha value is -6.58. The van der Waals surface area contributed by atoms with Gasteiger partial charge in [0.15, 0.2) is 40.5 Å². The first-order valence-corrected chi connectivity index (χ1v) is 16.2. The van der Waals surface area contributed by atoms with E-state index in [4.69, 9.17) is 24.4 Å². The number of rotatable bonds is 4. The van der Waals surface area contributed by atoms with E-state index in [2.05, 4.69) is 56.3 Å². The first-order valence-electron chi connectivity index (χ1n) is 16.2. The fourth-order valence-electron chi connectivity index (χ4n) is 6.87. The molecule has 2 heterocycles. The number of aromatic nitrogens is 3. The molecular weight excluding hydrogens is 604 g/mol. The number of hydrogen-bond donors (Lipinski definition) is 0. The van der Waals surface area contributed by atoms with Gasteiger partial charge >= 0.3 is 0 Å². The molecule has 9 rings (SSSR count). The van der Waals surface area contributed by atoms with E-state index in [0.29, 0.717) is 46.0 Å². The van der Waals surface area contributed by atoms with E-state index < -0.39 is 0 Å². The van der Waals surface area contributed by atoms with E-state index in [-0.39, 0.29) is 5.41 Å². The number of benzene rings is 6. The third-order valence-corrected chi connectivity index (χ3v) is 9.40. The minimum Gasteiger partial charge on any atom is -0.449 e. The predicted octanol–water partition coefficient (Wildman–Crippen LogP) is 10.6. The second kappa shape index (κ2) is 11.0. The molecule has 0 saturated carbocycles. The normalized spacial score (nSPS) is 13.2. The zero-order valence-electron chi connectivity index (χ0n) is 26.8. The van der Waals surface area contributed by atoms with Crippen molar-refractivity contribution in [2.24, 2.45) is 0 Å². The van der Waals surface area contributed by atoms with Crippen LogP contribution in [0, 0.1) is 11.3 Å². The lowest BCUT2D eigenvalue weighted by Gasteiger charge is -2.25. The van der Waals surface area contributed by atoms with Crippen LogP contribution in [0.4, 0.5) is 0 Å². The first-order chi connectivity index (χ1) is 23.9. The number of hydrogen-bond acceptors (Lipinski definition) is 6. The Kier molecular flexibility index (Phi) is 6.43. The third-order valence-electron chi connectivity index (χ3n) is 9.40. The van der Waals surface area contributed by atoms with Gasteiger partial charge in [0.25, 0.3) is 0 Å². The predicted molar refractivity (Wildman–Crippen MR) is 190 cm³/mol. The van der Waals surface area contributed by atoms with E-state index in [0.717, 1.165) is 27.8 Å². The Morgan fingerprint density at radius 3 is 1.86 bits per heavy atom. The van der Waals surface area contributed by atoms with Gasteiger partial charge in [-0.15, -0.1) is 0 Å². The van der Waals surface area contributed by atoms with Crippen molar-refractivity contribution in [2.45, 2.75) is 19.3 Å². The molecule has 2 aliphatic rings. The number of fused-ring (bicyclic) bond motifs is 5. The van der Waals surface area contributed by atoms with Crippen LogP contribution in [0.1, 0.15) is 30.5 Å². The molecule has 49 heavy (non-hydrogen) atoms. The van der Waals surface area contributed by atoms with Gasteiger partial charge in [0.1, 0.15) is 0 Å². The van der Waals surface area contributed by atoms with Crippen LogP contribution < -0.4 is 9.47 Å². The Bertz CT molecular complexity index is 2500. The molecule has 0 fully saturated rings. The zero-order chi connectivity index (χ0) is 33.1. The molecule has 0 amide bonds. The summed E-state index contributed by atoms with van der Waals surface area (Å²) in [7, 11) is 0. The van der Waals surface area contributed by atoms with Gasteiger partial charge in [-0.05, 0) is 81.9 Å². The van der Waals surface area contributed by atoms with Crippen LogP contribution in [0.5, 0.6) is 23.0 Å². The molecule has 0 spiro atoms. The average Bonchev–Trinajstić information content (AvgIpc) is 3.38. The maximum atomic E-state index is 9.44. The summed E-state index contributed by atoms with van der Waals surface area (Å²) in [5, 5.41) is 9.44. The smallest absolute Gasteiger partial charge is 0.170 e. The second-order valence-corrected chi connectivity index (χ2v) is 12.8. The summed E-state index contributed by atoms with van der Waals surface area (Å²) in [4.78, 5) is 14.8. The highest BCUT2D eigenvalue weighted by Crippen LogP contribution is 2.55. The monoisotopic (exact) mass is 632 g/mol. The molecule has 6 aromatic carbocycles. The maximum Gasteiger partial charge on any atom is 0.170 e. The third kappa shape index (κ3) is 4.83. The molecule has 6 heteroatoms. The summed E-state index contributed by atoms with van der Waals surface area (Å²) in [6.07, 6.45) is 0. The summed E-state index contributed by atoms with van der Waals surface area (Å²) >= 11 is 0. The molecule has 0 atom stereocenters. The molecule has 7 aromatic rings. The SMILES string of the molecule is CC1(C)c2ccccc2-c2cc3c(cc21)Oc1cc(-c2nc(-c4ccccc4)nc(-c4cccc(-c5cccc(C#N)c5)c4)n2)ccc1O3. The summed E-state index contributed by atoms with van der Waals surface area (Å²) in [5.41, 5.74) is 9.79. The van der Waals surface area contributed by atoms with Crippen LogP contribution in [0.3, 0.4) is 0 Å². The van der Waals surface area contributed by atoms with Crippen molar-refractivity contribution in [1.29, 1.82) is 5.26 Å². The second-order valence-electron chi connectivity index (χ2n) is 12.8. The van der Waals surface area contributed by atoms with Crippen LogP contribution in [0.25, 0.3) is 56.4 Å². The first kappa shape index (κ1) is 28.6. The average molecular weight is 633 g/mol. The van der Waals surface area contributed by atoms with E-state index in [1.54, 1.807) is 6.07 Å². The fourth-order valence-corrected chi connectivity index (χ4v) is 6.87. The van der Waals surface area contributed by atoms with Gasteiger partial charge in [-0.3, -0.25) is 0 Å². The van der Waals surface area contributed by atoms with Crippen molar-refractivity contribution >= 4 is 0 Å². The number of nitriles is 1. The molecule has 1 aliphatic carbocycles. The number of nitrogens with zero attached hydrogens (tertiary/aromatic N) is 4. The zero-order valence-corrected chi connectivity index (χ0v) is 26.8. The van der Waals surface area contributed by atoms with Gasteiger partial charge < -0.3 is 9.47 Å². The standard InChI is InChI=1S/C43H28N4O2/c1-43(2)34-17-7-6-16-32(34)33-23-38-39(24-35(33)43)49-37-22-31(18-19-36(37)48-38)42-46-40(27-11-4-3-5-12-27)45-41(47-42)30-15-9-14-29(21-30)28-13-8-10-26(20-28)25-44/h3-24H,1-2H3.